The minimum Gasteiger partial charge on any atom is -0.478 e. The van der Waals surface area contributed by atoms with Gasteiger partial charge in [-0.1, -0.05) is 0 Å². The minimum absolute atomic E-state index is 0.0391. The quantitative estimate of drug-likeness (QED) is 0.804. The molecule has 1 aromatic rings. The highest BCUT2D eigenvalue weighted by Crippen LogP contribution is 2.23. The Labute approximate surface area is 95.8 Å². The molecule has 1 aliphatic heterocycles. The number of rotatable bonds is 3. The molecule has 0 aliphatic carbocycles. The van der Waals surface area contributed by atoms with E-state index in [-0.39, 0.29) is 17.9 Å². The van der Waals surface area contributed by atoms with Gasteiger partial charge in [0.1, 0.15) is 17.1 Å². The summed E-state index contributed by atoms with van der Waals surface area (Å²) < 4.78 is 22.8. The lowest BCUT2D eigenvalue weighted by atomic mass is 10.2. The standard InChI is InChI=1S/C11H9FO5/c12-6-1-2-8(7(5-6)10(13)14)17-9-3-4-16-11(9)15/h1-2,5,9H,3-4H2,(H,13,14). The van der Waals surface area contributed by atoms with Gasteiger partial charge in [0.2, 0.25) is 0 Å². The largest absolute Gasteiger partial charge is 0.478 e. The Kier molecular flexibility index (Phi) is 2.95. The van der Waals surface area contributed by atoms with Crippen molar-refractivity contribution < 1.29 is 28.6 Å². The SMILES string of the molecule is O=C(O)c1cc(F)ccc1OC1CCOC1=O. The molecule has 2 rings (SSSR count). The van der Waals surface area contributed by atoms with Crippen LogP contribution in [0.15, 0.2) is 18.2 Å². The zero-order valence-electron chi connectivity index (χ0n) is 8.68. The van der Waals surface area contributed by atoms with Crippen LogP contribution >= 0.6 is 0 Å². The third kappa shape index (κ3) is 2.35. The Hall–Kier alpha value is -2.11. The van der Waals surface area contributed by atoms with E-state index in [2.05, 4.69) is 4.74 Å². The van der Waals surface area contributed by atoms with Crippen molar-refractivity contribution in [2.45, 2.75) is 12.5 Å². The highest BCUT2D eigenvalue weighted by atomic mass is 19.1. The van der Waals surface area contributed by atoms with E-state index in [1.807, 2.05) is 0 Å². The summed E-state index contributed by atoms with van der Waals surface area (Å²) in [4.78, 5) is 22.0. The van der Waals surface area contributed by atoms with E-state index in [1.54, 1.807) is 0 Å². The maximum atomic E-state index is 12.9. The summed E-state index contributed by atoms with van der Waals surface area (Å²) >= 11 is 0. The highest BCUT2D eigenvalue weighted by Gasteiger charge is 2.29. The van der Waals surface area contributed by atoms with Crippen LogP contribution in [-0.2, 0) is 9.53 Å². The fourth-order valence-corrected chi connectivity index (χ4v) is 1.51. The third-order valence-corrected chi connectivity index (χ3v) is 2.33. The number of hydrogen-bond acceptors (Lipinski definition) is 4. The summed E-state index contributed by atoms with van der Waals surface area (Å²) in [5.74, 6) is -2.57. The first kappa shape index (κ1) is 11.4. The monoisotopic (exact) mass is 240 g/mol. The van der Waals surface area contributed by atoms with Crippen LogP contribution in [0.3, 0.4) is 0 Å². The van der Waals surface area contributed by atoms with E-state index in [9.17, 15) is 14.0 Å². The van der Waals surface area contributed by atoms with Crippen LogP contribution in [0.5, 0.6) is 5.75 Å². The van der Waals surface area contributed by atoms with Gasteiger partial charge in [0, 0.05) is 6.42 Å². The number of halogens is 1. The average molecular weight is 240 g/mol. The van der Waals surface area contributed by atoms with Crippen molar-refractivity contribution in [3.63, 3.8) is 0 Å². The molecule has 90 valence electrons. The van der Waals surface area contributed by atoms with Crippen molar-refractivity contribution in [1.82, 2.24) is 0 Å². The van der Waals surface area contributed by atoms with Crippen molar-refractivity contribution in [2.75, 3.05) is 6.61 Å². The number of hydrogen-bond donors (Lipinski definition) is 1. The average Bonchev–Trinajstić information content (AvgIpc) is 2.67. The maximum absolute atomic E-state index is 12.9. The molecule has 1 fully saturated rings. The lowest BCUT2D eigenvalue weighted by Gasteiger charge is -2.12. The van der Waals surface area contributed by atoms with Gasteiger partial charge in [-0.3, -0.25) is 0 Å². The molecule has 1 saturated heterocycles. The highest BCUT2D eigenvalue weighted by molar-refractivity contribution is 5.91. The zero-order valence-corrected chi connectivity index (χ0v) is 8.68. The van der Waals surface area contributed by atoms with E-state index in [0.29, 0.717) is 6.42 Å². The normalized spacial score (nSPS) is 18.9. The summed E-state index contributed by atoms with van der Waals surface area (Å²) in [7, 11) is 0. The van der Waals surface area contributed by atoms with Crippen LogP contribution in [0.25, 0.3) is 0 Å². The topological polar surface area (TPSA) is 72.8 Å². The summed E-state index contributed by atoms with van der Waals surface area (Å²) in [6, 6.07) is 3.10. The van der Waals surface area contributed by atoms with E-state index in [4.69, 9.17) is 9.84 Å². The number of ether oxygens (including phenoxy) is 2. The fourth-order valence-electron chi connectivity index (χ4n) is 1.51. The molecule has 1 N–H and O–H groups in total. The second kappa shape index (κ2) is 4.40. The number of benzene rings is 1. The van der Waals surface area contributed by atoms with Crippen LogP contribution in [0.4, 0.5) is 4.39 Å². The molecule has 1 heterocycles. The number of carbonyl (C=O) groups is 2. The molecule has 0 radical (unpaired) electrons. The first-order chi connectivity index (χ1) is 8.08. The molecule has 5 nitrogen and oxygen atoms in total. The Morgan fingerprint density at radius 2 is 2.29 bits per heavy atom. The smallest absolute Gasteiger partial charge is 0.347 e. The van der Waals surface area contributed by atoms with Crippen LogP contribution in [0, 0.1) is 5.82 Å². The lowest BCUT2D eigenvalue weighted by Crippen LogP contribution is -2.22. The van der Waals surface area contributed by atoms with Crippen molar-refractivity contribution in [3.8, 4) is 5.75 Å². The molecule has 0 aromatic heterocycles. The second-order valence-corrected chi connectivity index (χ2v) is 3.51. The molecule has 0 amide bonds. The first-order valence-corrected chi connectivity index (χ1v) is 4.94. The van der Waals surface area contributed by atoms with E-state index >= 15 is 0 Å². The van der Waals surface area contributed by atoms with Crippen molar-refractivity contribution in [3.05, 3.63) is 29.6 Å². The molecule has 6 heteroatoms. The van der Waals surface area contributed by atoms with Gasteiger partial charge in [0.05, 0.1) is 6.61 Å². The summed E-state index contributed by atoms with van der Waals surface area (Å²) in [5, 5.41) is 8.87. The van der Waals surface area contributed by atoms with Crippen molar-refractivity contribution in [2.24, 2.45) is 0 Å². The number of carboxylic acid groups (broad SMARTS) is 1. The second-order valence-electron chi connectivity index (χ2n) is 3.51. The van der Waals surface area contributed by atoms with Crippen LogP contribution in [0.1, 0.15) is 16.8 Å². The van der Waals surface area contributed by atoms with Crippen LogP contribution in [0.2, 0.25) is 0 Å². The van der Waals surface area contributed by atoms with Crippen LogP contribution < -0.4 is 4.74 Å². The van der Waals surface area contributed by atoms with Gasteiger partial charge in [-0.25, -0.2) is 14.0 Å². The van der Waals surface area contributed by atoms with Gasteiger partial charge in [-0.05, 0) is 18.2 Å². The molecule has 0 spiro atoms. The van der Waals surface area contributed by atoms with E-state index in [1.165, 1.54) is 6.07 Å². The van der Waals surface area contributed by atoms with Gasteiger partial charge >= 0.3 is 11.9 Å². The van der Waals surface area contributed by atoms with Gasteiger partial charge in [-0.15, -0.1) is 0 Å². The fraction of sp³-hybridized carbons (Fsp3) is 0.273. The first-order valence-electron chi connectivity index (χ1n) is 4.94. The molecule has 0 saturated carbocycles. The summed E-state index contributed by atoms with van der Waals surface area (Å²) in [6.07, 6.45) is -0.464. The number of carboxylic acids is 1. The van der Waals surface area contributed by atoms with E-state index < -0.39 is 23.9 Å². The van der Waals surface area contributed by atoms with Gasteiger partial charge in [0.25, 0.3) is 0 Å². The zero-order chi connectivity index (χ0) is 12.4. The molecule has 1 aromatic carbocycles. The Bertz CT molecular complexity index is 471. The number of carbonyl (C=O) groups excluding carboxylic acids is 1. The predicted octanol–water partition coefficient (Wildman–Crippen LogP) is 1.22. The van der Waals surface area contributed by atoms with Crippen molar-refractivity contribution in [1.29, 1.82) is 0 Å². The Morgan fingerprint density at radius 1 is 1.53 bits per heavy atom. The lowest BCUT2D eigenvalue weighted by molar-refractivity contribution is -0.143. The van der Waals surface area contributed by atoms with Crippen molar-refractivity contribution >= 4 is 11.9 Å². The number of cyclic esters (lactones) is 1. The molecular formula is C11H9FO5. The third-order valence-electron chi connectivity index (χ3n) is 2.33. The van der Waals surface area contributed by atoms with E-state index in [0.717, 1.165) is 12.1 Å². The predicted molar refractivity (Wildman–Crippen MR) is 53.4 cm³/mol. The minimum atomic E-state index is -1.31. The van der Waals surface area contributed by atoms with Gasteiger partial charge in [0.15, 0.2) is 6.10 Å². The maximum Gasteiger partial charge on any atom is 0.347 e. The van der Waals surface area contributed by atoms with Gasteiger partial charge in [-0.2, -0.15) is 0 Å². The molecule has 1 atom stereocenters. The van der Waals surface area contributed by atoms with Crippen LogP contribution in [-0.4, -0.2) is 29.8 Å². The molecular weight excluding hydrogens is 231 g/mol. The Morgan fingerprint density at radius 3 is 2.88 bits per heavy atom. The summed E-state index contributed by atoms with van der Waals surface area (Å²) in [6.45, 7) is 0.243. The summed E-state index contributed by atoms with van der Waals surface area (Å²) in [5.41, 5.74) is -0.315. The molecule has 0 bridgehead atoms. The van der Waals surface area contributed by atoms with Gasteiger partial charge < -0.3 is 14.6 Å². The molecule has 1 unspecified atom stereocenters. The Balaban J connectivity index is 2.25. The number of esters is 1. The number of aromatic carboxylic acids is 1. The molecule has 17 heavy (non-hydrogen) atoms. The molecule has 1 aliphatic rings.